The molecule has 0 saturated heterocycles. The summed E-state index contributed by atoms with van der Waals surface area (Å²) < 4.78 is 24.3. The second-order valence-corrected chi connectivity index (χ2v) is 8.27. The van der Waals surface area contributed by atoms with E-state index in [1.54, 1.807) is 0 Å². The van der Waals surface area contributed by atoms with Gasteiger partial charge in [-0.1, -0.05) is 0 Å². The minimum Gasteiger partial charge on any atom is -0.350 e. The Labute approximate surface area is 142 Å². The monoisotopic (exact) mass is 353 g/mol. The fourth-order valence-corrected chi connectivity index (χ4v) is 3.49. The van der Waals surface area contributed by atoms with Crippen LogP contribution in [0.3, 0.4) is 0 Å². The van der Waals surface area contributed by atoms with Crippen LogP contribution in [-0.4, -0.2) is 57.6 Å². The molecule has 1 aliphatic carbocycles. The van der Waals surface area contributed by atoms with Crippen molar-refractivity contribution in [2.24, 2.45) is 11.7 Å². The molecule has 2 rings (SSSR count). The van der Waals surface area contributed by atoms with Crippen LogP contribution in [0.25, 0.3) is 0 Å². The maximum absolute atomic E-state index is 12.2. The largest absolute Gasteiger partial charge is 0.350 e. The van der Waals surface area contributed by atoms with Crippen molar-refractivity contribution in [2.75, 3.05) is 26.4 Å². The van der Waals surface area contributed by atoms with Crippen molar-refractivity contribution in [3.8, 4) is 0 Å². The maximum Gasteiger partial charge on any atom is 0.251 e. The van der Waals surface area contributed by atoms with Gasteiger partial charge >= 0.3 is 0 Å². The predicted molar refractivity (Wildman–Crippen MR) is 90.2 cm³/mol. The minimum atomic E-state index is -3.72. The number of hydrogen-bond acceptors (Lipinski definition) is 5. The Morgan fingerprint density at radius 2 is 1.83 bits per heavy atom. The summed E-state index contributed by atoms with van der Waals surface area (Å²) >= 11 is 0. The molecule has 0 aromatic heterocycles. The van der Waals surface area contributed by atoms with Gasteiger partial charge in [0.2, 0.25) is 5.91 Å². The van der Waals surface area contributed by atoms with E-state index in [0.717, 1.165) is 12.8 Å². The van der Waals surface area contributed by atoms with Gasteiger partial charge in [0.15, 0.2) is 9.84 Å². The summed E-state index contributed by atoms with van der Waals surface area (Å²) in [6, 6.07) is 5.52. The van der Waals surface area contributed by atoms with E-state index < -0.39 is 21.5 Å². The molecule has 2 amide bonds. The van der Waals surface area contributed by atoms with Crippen LogP contribution < -0.4 is 11.1 Å². The molecular weight excluding hydrogens is 330 g/mol. The SMILES string of the molecule is CN(C)C(=O)CS(=O)(=O)c1ccc(C(=O)NCC(N)C2CC2)cc1. The summed E-state index contributed by atoms with van der Waals surface area (Å²) in [5.41, 5.74) is 6.28. The van der Waals surface area contributed by atoms with Gasteiger partial charge < -0.3 is 16.0 Å². The van der Waals surface area contributed by atoms with Crippen molar-refractivity contribution in [1.82, 2.24) is 10.2 Å². The third-order valence-electron chi connectivity index (χ3n) is 4.01. The summed E-state index contributed by atoms with van der Waals surface area (Å²) in [7, 11) is -0.723. The zero-order valence-corrected chi connectivity index (χ0v) is 14.7. The summed E-state index contributed by atoms with van der Waals surface area (Å²) in [4.78, 5) is 24.9. The lowest BCUT2D eigenvalue weighted by Crippen LogP contribution is -2.38. The summed E-state index contributed by atoms with van der Waals surface area (Å²) in [5, 5.41) is 2.75. The van der Waals surface area contributed by atoms with Crippen LogP contribution in [0.5, 0.6) is 0 Å². The molecule has 3 N–H and O–H groups in total. The molecule has 132 valence electrons. The molecule has 1 aliphatic rings. The fraction of sp³-hybridized carbons (Fsp3) is 0.500. The van der Waals surface area contributed by atoms with Crippen LogP contribution in [0.15, 0.2) is 29.2 Å². The van der Waals surface area contributed by atoms with Crippen LogP contribution in [0, 0.1) is 5.92 Å². The van der Waals surface area contributed by atoms with Crippen molar-refractivity contribution in [1.29, 1.82) is 0 Å². The average molecular weight is 353 g/mol. The molecule has 1 fully saturated rings. The Balaban J connectivity index is 1.98. The summed E-state index contributed by atoms with van der Waals surface area (Å²) in [6.45, 7) is 0.404. The Hall–Kier alpha value is -1.93. The van der Waals surface area contributed by atoms with Crippen molar-refractivity contribution in [3.63, 3.8) is 0 Å². The zero-order chi connectivity index (χ0) is 17.9. The Bertz CT molecular complexity index is 709. The molecule has 8 heteroatoms. The van der Waals surface area contributed by atoms with Crippen LogP contribution in [0.1, 0.15) is 23.2 Å². The van der Waals surface area contributed by atoms with Crippen molar-refractivity contribution >= 4 is 21.7 Å². The molecular formula is C16H23N3O4S. The normalized spacial score (nSPS) is 15.6. The molecule has 1 aromatic rings. The third-order valence-corrected chi connectivity index (χ3v) is 5.63. The first-order valence-corrected chi connectivity index (χ1v) is 9.42. The number of rotatable bonds is 7. The molecule has 1 atom stereocenters. The standard InChI is InChI=1S/C16H23N3O4S/c1-19(2)15(20)10-24(22,23)13-7-5-12(6-8-13)16(21)18-9-14(17)11-3-4-11/h5-8,11,14H,3-4,9-10,17H2,1-2H3,(H,18,21). The van der Waals surface area contributed by atoms with Crippen molar-refractivity contribution < 1.29 is 18.0 Å². The van der Waals surface area contributed by atoms with Crippen LogP contribution in [0.2, 0.25) is 0 Å². The summed E-state index contributed by atoms with van der Waals surface area (Å²) in [6.07, 6.45) is 2.21. The second kappa shape index (κ2) is 7.31. The smallest absolute Gasteiger partial charge is 0.251 e. The van der Waals surface area contributed by atoms with E-state index in [1.807, 2.05) is 0 Å². The first-order valence-electron chi connectivity index (χ1n) is 7.77. The van der Waals surface area contributed by atoms with E-state index in [0.29, 0.717) is 18.0 Å². The molecule has 0 aliphatic heterocycles. The number of carbonyl (C=O) groups is 2. The predicted octanol–water partition coefficient (Wildman–Crippen LogP) is 0.0156. The molecule has 0 heterocycles. The number of nitrogens with zero attached hydrogens (tertiary/aromatic N) is 1. The molecule has 7 nitrogen and oxygen atoms in total. The highest BCUT2D eigenvalue weighted by molar-refractivity contribution is 7.92. The fourth-order valence-electron chi connectivity index (χ4n) is 2.19. The average Bonchev–Trinajstić information content (AvgIpc) is 3.36. The lowest BCUT2D eigenvalue weighted by atomic mass is 10.2. The minimum absolute atomic E-state index is 0.0175. The third kappa shape index (κ3) is 4.78. The maximum atomic E-state index is 12.2. The molecule has 1 saturated carbocycles. The Morgan fingerprint density at radius 3 is 2.33 bits per heavy atom. The molecule has 1 aromatic carbocycles. The number of carbonyl (C=O) groups excluding carboxylic acids is 2. The van der Waals surface area contributed by atoms with E-state index >= 15 is 0 Å². The quantitative estimate of drug-likeness (QED) is 0.718. The second-order valence-electron chi connectivity index (χ2n) is 6.28. The van der Waals surface area contributed by atoms with E-state index in [-0.39, 0.29) is 16.8 Å². The molecule has 0 bridgehead atoms. The van der Waals surface area contributed by atoms with Crippen molar-refractivity contribution in [2.45, 2.75) is 23.8 Å². The number of hydrogen-bond donors (Lipinski definition) is 2. The number of nitrogens with two attached hydrogens (primary N) is 1. The Morgan fingerprint density at radius 1 is 1.25 bits per heavy atom. The van der Waals surface area contributed by atoms with Gasteiger partial charge in [-0.3, -0.25) is 9.59 Å². The van der Waals surface area contributed by atoms with Gasteiger partial charge in [0.25, 0.3) is 5.91 Å². The van der Waals surface area contributed by atoms with Gasteiger partial charge in [-0.15, -0.1) is 0 Å². The highest BCUT2D eigenvalue weighted by Gasteiger charge is 2.28. The van der Waals surface area contributed by atoms with Gasteiger partial charge in [-0.25, -0.2) is 8.42 Å². The van der Waals surface area contributed by atoms with E-state index in [9.17, 15) is 18.0 Å². The van der Waals surface area contributed by atoms with Crippen molar-refractivity contribution in [3.05, 3.63) is 29.8 Å². The zero-order valence-electron chi connectivity index (χ0n) is 13.9. The van der Waals surface area contributed by atoms with Gasteiger partial charge in [-0.2, -0.15) is 0 Å². The molecule has 0 spiro atoms. The van der Waals surface area contributed by atoms with Gasteiger partial charge in [0.1, 0.15) is 5.75 Å². The Kier molecular flexibility index (Phi) is 5.61. The lowest BCUT2D eigenvalue weighted by molar-refractivity contribution is -0.125. The van der Waals surface area contributed by atoms with Gasteiger partial charge in [-0.05, 0) is 43.0 Å². The van der Waals surface area contributed by atoms with E-state index in [4.69, 9.17) is 5.73 Å². The number of amides is 2. The highest BCUT2D eigenvalue weighted by atomic mass is 32.2. The number of nitrogens with one attached hydrogen (secondary N) is 1. The van der Waals surface area contributed by atoms with Gasteiger partial charge in [0, 0.05) is 32.2 Å². The lowest BCUT2D eigenvalue weighted by Gasteiger charge is -2.12. The first kappa shape index (κ1) is 18.4. The van der Waals surface area contributed by atoms with Gasteiger partial charge in [0.05, 0.1) is 4.90 Å². The van der Waals surface area contributed by atoms with Crippen LogP contribution in [0.4, 0.5) is 0 Å². The molecule has 24 heavy (non-hydrogen) atoms. The molecule has 1 unspecified atom stereocenters. The first-order chi connectivity index (χ1) is 11.2. The van der Waals surface area contributed by atoms with E-state index in [1.165, 1.54) is 43.3 Å². The number of benzene rings is 1. The summed E-state index contributed by atoms with van der Waals surface area (Å²) in [5.74, 6) is -0.890. The van der Waals surface area contributed by atoms with Crippen LogP contribution in [-0.2, 0) is 14.6 Å². The number of sulfone groups is 1. The molecule has 0 radical (unpaired) electrons. The van der Waals surface area contributed by atoms with Crippen LogP contribution >= 0.6 is 0 Å². The topological polar surface area (TPSA) is 110 Å². The highest BCUT2D eigenvalue weighted by Crippen LogP contribution is 2.31. The van der Waals surface area contributed by atoms with E-state index in [2.05, 4.69) is 5.32 Å².